The largest absolute Gasteiger partial charge is 0.352 e. The fraction of sp³-hybridized carbons (Fsp3) is 0.923. The maximum atomic E-state index is 5.14. The lowest BCUT2D eigenvalue weighted by atomic mass is 9.95. The van der Waals surface area contributed by atoms with E-state index >= 15 is 0 Å². The van der Waals surface area contributed by atoms with Crippen molar-refractivity contribution >= 4 is 11.9 Å². The van der Waals surface area contributed by atoms with Crippen molar-refractivity contribution in [2.75, 3.05) is 0 Å². The van der Waals surface area contributed by atoms with Crippen molar-refractivity contribution in [3.8, 4) is 0 Å². The Bertz CT molecular complexity index is 527. The average molecular weight is 445 g/mol. The number of rotatable bonds is 4. The number of aliphatic imine (C=N–C) groups is 2. The van der Waals surface area contributed by atoms with E-state index in [0.29, 0.717) is 24.2 Å². The van der Waals surface area contributed by atoms with Gasteiger partial charge in [-0.25, -0.2) is 9.98 Å². The molecule has 0 aromatic carbocycles. The summed E-state index contributed by atoms with van der Waals surface area (Å²) in [4.78, 5) is 10.3. The monoisotopic (exact) mass is 444 g/mol. The minimum Gasteiger partial charge on any atom is -0.352 e. The predicted molar refractivity (Wildman–Crippen MR) is 135 cm³/mol. The van der Waals surface area contributed by atoms with Gasteiger partial charge in [-0.15, -0.1) is 0 Å². The first-order chi connectivity index (χ1) is 15.8. The third kappa shape index (κ3) is 8.15. The predicted octanol–water partition coefficient (Wildman–Crippen LogP) is 5.30. The molecule has 32 heavy (non-hydrogen) atoms. The second-order valence-corrected chi connectivity index (χ2v) is 10.7. The first kappa shape index (κ1) is 23.7. The molecule has 4 fully saturated rings. The second kappa shape index (κ2) is 13.3. The van der Waals surface area contributed by atoms with Crippen LogP contribution in [0.3, 0.4) is 0 Å². The molecule has 0 aromatic rings. The molecule has 0 unspecified atom stereocenters. The third-order valence-electron chi connectivity index (χ3n) is 7.96. The normalized spacial score (nSPS) is 26.0. The summed E-state index contributed by atoms with van der Waals surface area (Å²) in [5, 5.41) is 7.52. The number of guanidine groups is 2. The molecule has 0 bridgehead atoms. The Hall–Kier alpha value is -1.46. The van der Waals surface area contributed by atoms with Gasteiger partial charge in [0.05, 0.1) is 12.1 Å². The Labute approximate surface area is 196 Å². The van der Waals surface area contributed by atoms with Crippen LogP contribution >= 0.6 is 0 Å². The van der Waals surface area contributed by atoms with Gasteiger partial charge in [0.15, 0.2) is 0 Å². The van der Waals surface area contributed by atoms with Gasteiger partial charge in [-0.1, -0.05) is 77.0 Å². The lowest BCUT2D eigenvalue weighted by Crippen LogP contribution is -2.56. The molecule has 4 aliphatic carbocycles. The highest BCUT2D eigenvalue weighted by molar-refractivity contribution is 5.86. The standard InChI is InChI=1S/C26H48N6/c1-5-13-21(14-6-1)27-25(28-22-15-7-2-8-16-22)31-32-26(29-23-17-9-3-10-18-23)30-24-19-11-4-12-20-24/h21-24H,1-20H2,(H2,27,28,31)(H2,29,30,32). The van der Waals surface area contributed by atoms with E-state index in [1.807, 2.05) is 0 Å². The summed E-state index contributed by atoms with van der Waals surface area (Å²) in [6.07, 6.45) is 26.0. The lowest BCUT2D eigenvalue weighted by Gasteiger charge is -2.29. The smallest absolute Gasteiger partial charge is 0.210 e. The SMILES string of the molecule is C1CCC(N=C(NNC(=NC2CCCCC2)NC2CCCCC2)NC2CCCCC2)CC1. The van der Waals surface area contributed by atoms with Gasteiger partial charge in [-0.2, -0.15) is 0 Å². The van der Waals surface area contributed by atoms with Crippen LogP contribution in [0.4, 0.5) is 0 Å². The van der Waals surface area contributed by atoms with Crippen LogP contribution in [0.25, 0.3) is 0 Å². The van der Waals surface area contributed by atoms with Crippen LogP contribution in [0.5, 0.6) is 0 Å². The first-order valence-corrected chi connectivity index (χ1v) is 14.1. The molecule has 6 heteroatoms. The summed E-state index contributed by atoms with van der Waals surface area (Å²) in [5.74, 6) is 1.87. The van der Waals surface area contributed by atoms with E-state index in [-0.39, 0.29) is 0 Å². The Morgan fingerprint density at radius 1 is 0.406 bits per heavy atom. The van der Waals surface area contributed by atoms with Crippen LogP contribution in [0.15, 0.2) is 9.98 Å². The van der Waals surface area contributed by atoms with Crippen LogP contribution in [-0.2, 0) is 0 Å². The zero-order valence-electron chi connectivity index (χ0n) is 20.3. The zero-order chi connectivity index (χ0) is 21.8. The lowest BCUT2D eigenvalue weighted by molar-refractivity contribution is 0.398. The highest BCUT2D eigenvalue weighted by Crippen LogP contribution is 2.22. The minimum absolute atomic E-state index is 0.453. The molecule has 0 saturated heterocycles. The van der Waals surface area contributed by atoms with Crippen molar-refractivity contribution in [2.24, 2.45) is 9.98 Å². The molecular formula is C26H48N6. The van der Waals surface area contributed by atoms with Crippen molar-refractivity contribution in [1.29, 1.82) is 0 Å². The number of hydrazine groups is 1. The number of nitrogens with one attached hydrogen (secondary N) is 4. The minimum atomic E-state index is 0.453. The molecular weight excluding hydrogens is 396 g/mol. The molecule has 0 atom stereocenters. The summed E-state index contributed by atoms with van der Waals surface area (Å²) < 4.78 is 0. The van der Waals surface area contributed by atoms with Crippen molar-refractivity contribution in [3.05, 3.63) is 0 Å². The fourth-order valence-electron chi connectivity index (χ4n) is 6.00. The van der Waals surface area contributed by atoms with Gasteiger partial charge in [0.1, 0.15) is 0 Å². The van der Waals surface area contributed by atoms with Crippen molar-refractivity contribution in [3.63, 3.8) is 0 Å². The molecule has 0 aliphatic heterocycles. The Morgan fingerprint density at radius 2 is 0.719 bits per heavy atom. The van der Waals surface area contributed by atoms with Gasteiger partial charge in [0.25, 0.3) is 0 Å². The Kier molecular flexibility index (Phi) is 9.84. The summed E-state index contributed by atoms with van der Waals surface area (Å²) in [5.41, 5.74) is 6.98. The number of hydrogen-bond donors (Lipinski definition) is 4. The Morgan fingerprint density at radius 3 is 1.06 bits per heavy atom. The molecule has 0 amide bonds. The summed E-state index contributed by atoms with van der Waals surface area (Å²) in [6, 6.07) is 2.00. The van der Waals surface area contributed by atoms with E-state index in [0.717, 1.165) is 11.9 Å². The maximum Gasteiger partial charge on any atom is 0.210 e. The topological polar surface area (TPSA) is 72.8 Å². The van der Waals surface area contributed by atoms with E-state index in [9.17, 15) is 0 Å². The van der Waals surface area contributed by atoms with E-state index in [4.69, 9.17) is 9.98 Å². The van der Waals surface area contributed by atoms with Gasteiger partial charge in [-0.3, -0.25) is 10.9 Å². The van der Waals surface area contributed by atoms with E-state index in [1.165, 1.54) is 128 Å². The molecule has 4 rings (SSSR count). The fourth-order valence-corrected chi connectivity index (χ4v) is 6.00. The number of hydrogen-bond acceptors (Lipinski definition) is 2. The van der Waals surface area contributed by atoms with E-state index < -0.39 is 0 Å². The first-order valence-electron chi connectivity index (χ1n) is 14.1. The quantitative estimate of drug-likeness (QED) is 0.270. The Balaban J connectivity index is 1.40. The van der Waals surface area contributed by atoms with Crippen LogP contribution in [0.1, 0.15) is 128 Å². The van der Waals surface area contributed by atoms with E-state index in [2.05, 4.69) is 21.5 Å². The van der Waals surface area contributed by atoms with Crippen LogP contribution < -0.4 is 21.5 Å². The molecule has 182 valence electrons. The average Bonchev–Trinajstić information content (AvgIpc) is 2.85. The number of nitrogens with zero attached hydrogens (tertiary/aromatic N) is 2. The third-order valence-corrected chi connectivity index (χ3v) is 7.96. The van der Waals surface area contributed by atoms with Gasteiger partial charge in [-0.05, 0) is 51.4 Å². The molecule has 0 spiro atoms. The van der Waals surface area contributed by atoms with Gasteiger partial charge in [0, 0.05) is 12.1 Å². The second-order valence-electron chi connectivity index (χ2n) is 10.7. The molecule has 6 nitrogen and oxygen atoms in total. The molecule has 4 N–H and O–H groups in total. The zero-order valence-corrected chi connectivity index (χ0v) is 20.3. The van der Waals surface area contributed by atoms with Crippen LogP contribution in [0.2, 0.25) is 0 Å². The van der Waals surface area contributed by atoms with Crippen molar-refractivity contribution < 1.29 is 0 Å². The molecule has 4 aliphatic rings. The van der Waals surface area contributed by atoms with Crippen molar-refractivity contribution in [1.82, 2.24) is 21.5 Å². The van der Waals surface area contributed by atoms with Crippen LogP contribution in [-0.4, -0.2) is 36.1 Å². The van der Waals surface area contributed by atoms with E-state index in [1.54, 1.807) is 0 Å². The molecule has 0 radical (unpaired) electrons. The highest BCUT2D eigenvalue weighted by Gasteiger charge is 2.20. The highest BCUT2D eigenvalue weighted by atomic mass is 15.5. The summed E-state index contributed by atoms with van der Waals surface area (Å²) in [7, 11) is 0. The maximum absolute atomic E-state index is 5.14. The van der Waals surface area contributed by atoms with Gasteiger partial charge < -0.3 is 10.6 Å². The molecule has 0 heterocycles. The van der Waals surface area contributed by atoms with Crippen LogP contribution in [0, 0.1) is 0 Å². The van der Waals surface area contributed by atoms with Crippen molar-refractivity contribution in [2.45, 2.75) is 153 Å². The van der Waals surface area contributed by atoms with Gasteiger partial charge >= 0.3 is 0 Å². The van der Waals surface area contributed by atoms with Gasteiger partial charge in [0.2, 0.25) is 11.9 Å². The molecule has 0 aromatic heterocycles. The molecule has 4 saturated carbocycles. The summed E-state index contributed by atoms with van der Waals surface area (Å²) in [6.45, 7) is 0. The summed E-state index contributed by atoms with van der Waals surface area (Å²) >= 11 is 0.